The minimum atomic E-state index is -0.440. The van der Waals surface area contributed by atoms with Crippen LogP contribution in [-0.2, 0) is 11.3 Å². The molecule has 0 aromatic heterocycles. The van der Waals surface area contributed by atoms with Crippen molar-refractivity contribution in [3.63, 3.8) is 0 Å². The maximum atomic E-state index is 13.7. The number of ether oxygens (including phenoxy) is 1. The van der Waals surface area contributed by atoms with Gasteiger partial charge in [0.25, 0.3) is 5.91 Å². The number of nitrogens with one attached hydrogen (secondary N) is 2. The van der Waals surface area contributed by atoms with Gasteiger partial charge in [-0.2, -0.15) is 0 Å². The molecule has 0 saturated carbocycles. The number of para-hydroxylation sites is 1. The zero-order valence-electron chi connectivity index (χ0n) is 13.9. The molecule has 0 aliphatic rings. The molecule has 4 nitrogen and oxygen atoms in total. The first-order chi connectivity index (χ1) is 11.4. The number of anilines is 1. The lowest BCUT2D eigenvalue weighted by Crippen LogP contribution is -3.12. The number of rotatable bonds is 6. The van der Waals surface area contributed by atoms with Gasteiger partial charge in [0.1, 0.15) is 18.1 Å². The van der Waals surface area contributed by atoms with Crippen molar-refractivity contribution < 1.29 is 18.8 Å². The van der Waals surface area contributed by atoms with E-state index in [1.54, 1.807) is 25.3 Å². The molecule has 2 aromatic carbocycles. The summed E-state index contributed by atoms with van der Waals surface area (Å²) in [6, 6.07) is 11.6. The van der Waals surface area contributed by atoms with E-state index in [2.05, 4.69) is 21.2 Å². The smallest absolute Gasteiger partial charge is 0.282 e. The van der Waals surface area contributed by atoms with E-state index in [0.717, 1.165) is 20.7 Å². The average Bonchev–Trinajstić information content (AvgIpc) is 2.56. The number of carbonyl (C=O) groups is 1. The lowest BCUT2D eigenvalue weighted by molar-refractivity contribution is -0.907. The highest BCUT2D eigenvalue weighted by atomic mass is 79.9. The van der Waals surface area contributed by atoms with E-state index in [9.17, 15) is 9.18 Å². The Morgan fingerprint density at radius 3 is 2.71 bits per heavy atom. The zero-order chi connectivity index (χ0) is 17.7. The molecule has 0 saturated heterocycles. The molecule has 2 aromatic rings. The van der Waals surface area contributed by atoms with E-state index in [1.807, 2.05) is 32.2 Å². The van der Waals surface area contributed by atoms with Crippen molar-refractivity contribution in [3.8, 4) is 5.75 Å². The Morgan fingerprint density at radius 2 is 2.04 bits per heavy atom. The van der Waals surface area contributed by atoms with Gasteiger partial charge in [-0.3, -0.25) is 4.79 Å². The van der Waals surface area contributed by atoms with Gasteiger partial charge in [-0.1, -0.05) is 28.1 Å². The topological polar surface area (TPSA) is 42.8 Å². The summed E-state index contributed by atoms with van der Waals surface area (Å²) < 4.78 is 20.0. The molecule has 6 heteroatoms. The van der Waals surface area contributed by atoms with Gasteiger partial charge in [0.05, 0.1) is 19.8 Å². The third-order valence-electron chi connectivity index (χ3n) is 3.98. The van der Waals surface area contributed by atoms with E-state index in [1.165, 1.54) is 6.07 Å². The van der Waals surface area contributed by atoms with Crippen LogP contribution in [0.1, 0.15) is 12.5 Å². The highest BCUT2D eigenvalue weighted by Crippen LogP contribution is 2.22. The van der Waals surface area contributed by atoms with Crippen LogP contribution in [0.5, 0.6) is 5.75 Å². The van der Waals surface area contributed by atoms with Crippen LogP contribution in [0.2, 0.25) is 0 Å². The molecule has 0 radical (unpaired) electrons. The second-order valence-corrected chi connectivity index (χ2v) is 6.59. The number of methoxy groups -OCH3 is 1. The highest BCUT2D eigenvalue weighted by molar-refractivity contribution is 9.10. The summed E-state index contributed by atoms with van der Waals surface area (Å²) in [5.41, 5.74) is 1.19. The summed E-state index contributed by atoms with van der Waals surface area (Å²) in [5, 5.41) is 2.64. The molecular weight excluding hydrogens is 375 g/mol. The molecule has 0 fully saturated rings. The van der Waals surface area contributed by atoms with Crippen LogP contribution in [0.4, 0.5) is 10.1 Å². The summed E-state index contributed by atoms with van der Waals surface area (Å²) in [6.45, 7) is 2.42. The molecular formula is C18H21BrFN2O2+. The number of benzene rings is 2. The molecule has 1 amide bonds. The Labute approximate surface area is 149 Å². The third kappa shape index (κ3) is 4.55. The maximum Gasteiger partial charge on any atom is 0.282 e. The first-order valence-corrected chi connectivity index (χ1v) is 8.41. The Morgan fingerprint density at radius 1 is 1.33 bits per heavy atom. The second kappa shape index (κ2) is 8.26. The number of hydrogen-bond acceptors (Lipinski definition) is 2. The summed E-state index contributed by atoms with van der Waals surface area (Å²) in [7, 11) is 3.54. The highest BCUT2D eigenvalue weighted by Gasteiger charge is 2.24. The van der Waals surface area contributed by atoms with Crippen molar-refractivity contribution in [3.05, 3.63) is 58.3 Å². The molecule has 0 aliphatic heterocycles. The summed E-state index contributed by atoms with van der Waals surface area (Å²) in [5.74, 6) is 0.107. The van der Waals surface area contributed by atoms with Crippen LogP contribution >= 0.6 is 15.9 Å². The predicted molar refractivity (Wildman–Crippen MR) is 95.8 cm³/mol. The van der Waals surface area contributed by atoms with E-state index in [0.29, 0.717) is 6.54 Å². The van der Waals surface area contributed by atoms with Crippen molar-refractivity contribution in [2.24, 2.45) is 0 Å². The SMILES string of the molecule is COc1ccc(Br)cc1C[NH+](C)[C@@H](C)C(=O)Nc1ccccc1F. The number of hydrogen-bond donors (Lipinski definition) is 2. The minimum absolute atomic E-state index is 0.196. The van der Waals surface area contributed by atoms with E-state index in [-0.39, 0.29) is 17.6 Å². The second-order valence-electron chi connectivity index (χ2n) is 5.67. The van der Waals surface area contributed by atoms with Gasteiger partial charge in [-0.15, -0.1) is 0 Å². The molecule has 0 spiro atoms. The third-order valence-corrected chi connectivity index (χ3v) is 4.47. The van der Waals surface area contributed by atoms with Crippen LogP contribution in [0.15, 0.2) is 46.9 Å². The molecule has 2 N–H and O–H groups in total. The molecule has 0 heterocycles. The molecule has 2 atom stereocenters. The van der Waals surface area contributed by atoms with Crippen molar-refractivity contribution in [2.45, 2.75) is 19.5 Å². The van der Waals surface area contributed by atoms with E-state index < -0.39 is 5.82 Å². The fraction of sp³-hybridized carbons (Fsp3) is 0.278. The first kappa shape index (κ1) is 18.4. The maximum absolute atomic E-state index is 13.7. The Bertz CT molecular complexity index is 724. The summed E-state index contributed by atoms with van der Waals surface area (Å²) in [4.78, 5) is 13.4. The quantitative estimate of drug-likeness (QED) is 0.789. The van der Waals surface area contributed by atoms with Crippen LogP contribution < -0.4 is 15.0 Å². The van der Waals surface area contributed by atoms with Gasteiger partial charge >= 0.3 is 0 Å². The molecule has 128 valence electrons. The van der Waals surface area contributed by atoms with Crippen LogP contribution in [0.25, 0.3) is 0 Å². The lowest BCUT2D eigenvalue weighted by atomic mass is 10.1. The van der Waals surface area contributed by atoms with Gasteiger partial charge < -0.3 is 15.0 Å². The van der Waals surface area contributed by atoms with E-state index in [4.69, 9.17) is 4.74 Å². The minimum Gasteiger partial charge on any atom is -0.496 e. The standard InChI is InChI=1S/C18H20BrFN2O2/c1-12(18(23)21-16-7-5-4-6-15(16)20)22(2)11-13-10-14(19)8-9-17(13)24-3/h4-10,12H,11H2,1-3H3,(H,21,23)/p+1/t12-/m0/s1. The molecule has 1 unspecified atom stereocenters. The number of amides is 1. The number of likely N-dealkylation sites (N-methyl/N-ethyl adjacent to an activating group) is 1. The van der Waals surface area contributed by atoms with Crippen LogP contribution in [-0.4, -0.2) is 26.1 Å². The fourth-order valence-corrected chi connectivity index (χ4v) is 2.77. The van der Waals surface area contributed by atoms with Crippen molar-refractivity contribution in [1.82, 2.24) is 0 Å². The van der Waals surface area contributed by atoms with Crippen molar-refractivity contribution in [1.29, 1.82) is 0 Å². The monoisotopic (exact) mass is 395 g/mol. The van der Waals surface area contributed by atoms with Gasteiger partial charge in [-0.05, 0) is 37.3 Å². The van der Waals surface area contributed by atoms with Crippen molar-refractivity contribution >= 4 is 27.5 Å². The van der Waals surface area contributed by atoms with Crippen molar-refractivity contribution in [2.75, 3.05) is 19.5 Å². The summed E-state index contributed by atoms with van der Waals surface area (Å²) >= 11 is 3.45. The number of quaternary nitrogens is 1. The van der Waals surface area contributed by atoms with Crippen LogP contribution in [0, 0.1) is 5.82 Å². The van der Waals surface area contributed by atoms with E-state index >= 15 is 0 Å². The van der Waals surface area contributed by atoms with Gasteiger partial charge in [-0.25, -0.2) is 4.39 Å². The molecule has 0 bridgehead atoms. The average molecular weight is 396 g/mol. The lowest BCUT2D eigenvalue weighted by Gasteiger charge is -2.22. The summed E-state index contributed by atoms with van der Waals surface area (Å²) in [6.07, 6.45) is 0. The first-order valence-electron chi connectivity index (χ1n) is 7.62. The Kier molecular flexibility index (Phi) is 6.34. The van der Waals surface area contributed by atoms with Gasteiger partial charge in [0, 0.05) is 10.0 Å². The normalized spacial score (nSPS) is 13.2. The Balaban J connectivity index is 2.06. The molecule has 0 aliphatic carbocycles. The number of halogens is 2. The Hall–Kier alpha value is -1.92. The van der Waals surface area contributed by atoms with Crippen LogP contribution in [0.3, 0.4) is 0 Å². The molecule has 2 rings (SSSR count). The fourth-order valence-electron chi connectivity index (χ4n) is 2.37. The largest absolute Gasteiger partial charge is 0.496 e. The van der Waals surface area contributed by atoms with Gasteiger partial charge in [0.15, 0.2) is 6.04 Å². The predicted octanol–water partition coefficient (Wildman–Crippen LogP) is 2.64. The zero-order valence-corrected chi connectivity index (χ0v) is 15.5. The molecule has 24 heavy (non-hydrogen) atoms. The number of carbonyl (C=O) groups excluding carboxylic acids is 1. The van der Waals surface area contributed by atoms with Gasteiger partial charge in [0.2, 0.25) is 0 Å².